The van der Waals surface area contributed by atoms with Crippen molar-refractivity contribution < 1.29 is 18.7 Å². The number of aryl methyl sites for hydroxylation is 4. The zero-order chi connectivity index (χ0) is 35.9. The molecule has 4 aromatic heterocycles. The monoisotopic (exact) mass is 690 g/mol. The molecule has 0 spiro atoms. The van der Waals surface area contributed by atoms with Gasteiger partial charge in [0.05, 0.1) is 32.6 Å². The Kier molecular flexibility index (Phi) is 8.83. The van der Waals surface area contributed by atoms with Crippen molar-refractivity contribution in [2.75, 3.05) is 13.1 Å². The number of amides is 2. The van der Waals surface area contributed by atoms with Crippen molar-refractivity contribution in [1.29, 1.82) is 0 Å². The van der Waals surface area contributed by atoms with Gasteiger partial charge in [-0.1, -0.05) is 37.1 Å². The number of pyridine rings is 2. The summed E-state index contributed by atoms with van der Waals surface area (Å²) in [5.74, 6) is 0.0180. The number of carbonyl (C=O) groups excluding carboxylic acids is 2. The number of hydrogen-bond acceptors (Lipinski definition) is 2. The lowest BCUT2D eigenvalue weighted by Gasteiger charge is -2.07. The molecule has 0 saturated carbocycles. The first-order valence-corrected chi connectivity index (χ1v) is 18.5. The van der Waals surface area contributed by atoms with E-state index < -0.39 is 0 Å². The van der Waals surface area contributed by atoms with Gasteiger partial charge in [-0.3, -0.25) is 9.59 Å². The summed E-state index contributed by atoms with van der Waals surface area (Å²) in [4.78, 5) is 33.4. The van der Waals surface area contributed by atoms with Gasteiger partial charge in [0, 0.05) is 47.0 Å². The summed E-state index contributed by atoms with van der Waals surface area (Å²) < 4.78 is 4.14. The first-order valence-electron chi connectivity index (χ1n) is 18.5. The second-order valence-electron chi connectivity index (χ2n) is 14.5. The number of aromatic amines is 2. The quantitative estimate of drug-likeness (QED) is 0.0833. The lowest BCUT2D eigenvalue weighted by molar-refractivity contribution is -0.657. The molecule has 4 heterocycles. The van der Waals surface area contributed by atoms with Gasteiger partial charge >= 0.3 is 0 Å². The van der Waals surface area contributed by atoms with E-state index in [1.165, 1.54) is 33.0 Å². The van der Waals surface area contributed by atoms with Crippen molar-refractivity contribution in [3.05, 3.63) is 107 Å². The summed E-state index contributed by atoms with van der Waals surface area (Å²) in [6.07, 6.45) is 8.00. The van der Waals surface area contributed by atoms with Gasteiger partial charge in [0.15, 0.2) is 12.4 Å². The molecule has 0 bridgehead atoms. The molecule has 4 N–H and O–H groups in total. The van der Waals surface area contributed by atoms with Crippen LogP contribution in [0, 0.1) is 27.7 Å². The van der Waals surface area contributed by atoms with Crippen LogP contribution in [0.1, 0.15) is 47.9 Å². The fourth-order valence-electron chi connectivity index (χ4n) is 7.72. The van der Waals surface area contributed by atoms with Crippen molar-refractivity contribution in [1.82, 2.24) is 20.6 Å². The Bertz CT molecular complexity index is 2500. The van der Waals surface area contributed by atoms with Crippen LogP contribution in [0.3, 0.4) is 0 Å². The number of benzene rings is 4. The molecule has 0 aliphatic rings. The second-order valence-corrected chi connectivity index (χ2v) is 14.5. The summed E-state index contributed by atoms with van der Waals surface area (Å²) in [7, 11) is 0. The van der Waals surface area contributed by atoms with Crippen LogP contribution in [0.5, 0.6) is 0 Å². The third-order valence-corrected chi connectivity index (χ3v) is 10.8. The zero-order valence-corrected chi connectivity index (χ0v) is 30.5. The van der Waals surface area contributed by atoms with Crippen LogP contribution in [-0.2, 0) is 22.7 Å². The van der Waals surface area contributed by atoms with E-state index in [-0.39, 0.29) is 24.9 Å². The number of aromatic nitrogens is 4. The SMILES string of the molecule is Cc1cc2[nH]c3c(c[n+](CC(=O)NCCCCCCNC(=O)C[n+]4cc5c6cc(C)c(C)cc6[nH]c5c5ccccc54)c4ccccc34)c2cc1C. The summed E-state index contributed by atoms with van der Waals surface area (Å²) >= 11 is 0. The minimum absolute atomic E-state index is 0.00901. The smallest absolute Gasteiger partial charge is 0.286 e. The number of H-pyrrole nitrogens is 2. The highest BCUT2D eigenvalue weighted by Crippen LogP contribution is 2.32. The molecule has 0 aliphatic heterocycles. The molecule has 8 aromatic rings. The maximum atomic E-state index is 13.1. The van der Waals surface area contributed by atoms with Gasteiger partial charge in [-0.05, 0) is 99.2 Å². The number of para-hydroxylation sites is 2. The van der Waals surface area contributed by atoms with Crippen LogP contribution >= 0.6 is 0 Å². The van der Waals surface area contributed by atoms with E-state index in [1.54, 1.807) is 0 Å². The minimum atomic E-state index is 0.00901. The van der Waals surface area contributed by atoms with Crippen molar-refractivity contribution in [3.63, 3.8) is 0 Å². The summed E-state index contributed by atoms with van der Waals surface area (Å²) in [6.45, 7) is 10.4. The number of carbonyl (C=O) groups is 2. The molecule has 2 amide bonds. The average Bonchev–Trinajstić information content (AvgIpc) is 3.67. The predicted octanol–water partition coefficient (Wildman–Crippen LogP) is 7.56. The van der Waals surface area contributed by atoms with E-state index in [2.05, 4.69) is 118 Å². The summed E-state index contributed by atoms with van der Waals surface area (Å²) in [5, 5.41) is 13.1. The molecule has 8 rings (SSSR count). The van der Waals surface area contributed by atoms with Crippen LogP contribution in [-0.4, -0.2) is 34.9 Å². The summed E-state index contributed by atoms with van der Waals surface area (Å²) in [6, 6.07) is 25.4. The third kappa shape index (κ3) is 6.23. The largest absolute Gasteiger partial charge is 0.354 e. The zero-order valence-electron chi connectivity index (χ0n) is 30.5. The lowest BCUT2D eigenvalue weighted by atomic mass is 10.1. The fourth-order valence-corrected chi connectivity index (χ4v) is 7.72. The highest BCUT2D eigenvalue weighted by Gasteiger charge is 2.21. The summed E-state index contributed by atoms with van der Waals surface area (Å²) in [5.41, 5.74) is 11.5. The molecule has 0 saturated heterocycles. The lowest BCUT2D eigenvalue weighted by Crippen LogP contribution is -2.43. The fraction of sp³-hybridized carbons (Fsp3) is 0.273. The molecular weight excluding hydrogens is 645 g/mol. The van der Waals surface area contributed by atoms with Crippen LogP contribution in [0.25, 0.3) is 65.4 Å². The van der Waals surface area contributed by atoms with Crippen molar-refractivity contribution in [2.45, 2.75) is 66.5 Å². The maximum absolute atomic E-state index is 13.1. The van der Waals surface area contributed by atoms with E-state index in [0.717, 1.165) is 80.3 Å². The van der Waals surface area contributed by atoms with Crippen molar-refractivity contribution in [3.8, 4) is 0 Å². The van der Waals surface area contributed by atoms with Crippen molar-refractivity contribution in [2.24, 2.45) is 0 Å². The topological polar surface area (TPSA) is 97.5 Å². The molecule has 0 radical (unpaired) electrons. The Morgan fingerprint density at radius 3 is 1.37 bits per heavy atom. The minimum Gasteiger partial charge on any atom is -0.354 e. The molecule has 8 nitrogen and oxygen atoms in total. The molecule has 4 aromatic carbocycles. The number of nitrogens with zero attached hydrogens (tertiary/aromatic N) is 2. The highest BCUT2D eigenvalue weighted by molar-refractivity contribution is 6.16. The Morgan fingerprint density at radius 1 is 0.519 bits per heavy atom. The Labute approximate surface area is 302 Å². The molecule has 0 atom stereocenters. The number of unbranched alkanes of at least 4 members (excludes halogenated alkanes) is 3. The number of hydrogen-bond donors (Lipinski definition) is 4. The van der Waals surface area contributed by atoms with E-state index >= 15 is 0 Å². The first kappa shape index (κ1) is 33.4. The van der Waals surface area contributed by atoms with Gasteiger partial charge in [-0.2, -0.15) is 9.13 Å². The predicted molar refractivity (Wildman–Crippen MR) is 210 cm³/mol. The van der Waals surface area contributed by atoms with Crippen molar-refractivity contribution >= 4 is 77.2 Å². The van der Waals surface area contributed by atoms with E-state index in [9.17, 15) is 9.59 Å². The number of rotatable bonds is 11. The van der Waals surface area contributed by atoms with Crippen LogP contribution in [0.4, 0.5) is 0 Å². The van der Waals surface area contributed by atoms with Gasteiger partial charge in [0.25, 0.3) is 11.8 Å². The van der Waals surface area contributed by atoms with Gasteiger partial charge in [-0.25, -0.2) is 0 Å². The van der Waals surface area contributed by atoms with E-state index in [0.29, 0.717) is 13.1 Å². The van der Waals surface area contributed by atoms with E-state index in [1.807, 2.05) is 24.3 Å². The van der Waals surface area contributed by atoms with Gasteiger partial charge < -0.3 is 20.6 Å². The molecule has 52 heavy (non-hydrogen) atoms. The standard InChI is InChI=1S/C44H44N6O2/c1-27-19-33-35-23-49(39-15-9-7-13-31(39)43(35)47-37(33)21-29(27)3)25-41(51)45-17-11-5-6-12-18-46-42(52)26-50-24-36-34-20-28(2)30(4)22-38(34)48-44(36)32-14-8-10-16-40(32)50/h7-10,13-16,19-24H,5-6,11-12,17-18,25-26H2,1-4H3,(H2,45,46,51,52)/p+2. The highest BCUT2D eigenvalue weighted by atomic mass is 16.2. The second kappa shape index (κ2) is 13.8. The molecule has 8 heteroatoms. The average molecular weight is 691 g/mol. The molecule has 0 fully saturated rings. The van der Waals surface area contributed by atoms with Gasteiger partial charge in [0.1, 0.15) is 0 Å². The maximum Gasteiger partial charge on any atom is 0.286 e. The Hall–Kier alpha value is -5.76. The Balaban J connectivity index is 0.829. The van der Waals surface area contributed by atoms with Crippen LogP contribution < -0.4 is 19.8 Å². The molecule has 0 unspecified atom stereocenters. The van der Waals surface area contributed by atoms with E-state index in [4.69, 9.17) is 0 Å². The molecular formula is C44H46N6O2+2. The van der Waals surface area contributed by atoms with Gasteiger partial charge in [0.2, 0.25) is 24.1 Å². The van der Waals surface area contributed by atoms with Gasteiger partial charge in [-0.15, -0.1) is 0 Å². The van der Waals surface area contributed by atoms with Crippen LogP contribution in [0.15, 0.2) is 85.2 Å². The molecule has 262 valence electrons. The number of nitrogens with one attached hydrogen (secondary N) is 4. The first-order chi connectivity index (χ1) is 25.2. The molecule has 0 aliphatic carbocycles. The van der Waals surface area contributed by atoms with Crippen LogP contribution in [0.2, 0.25) is 0 Å². The Morgan fingerprint density at radius 2 is 0.923 bits per heavy atom. The number of fused-ring (bicyclic) bond motifs is 10. The third-order valence-electron chi connectivity index (χ3n) is 10.8. The normalized spacial score (nSPS) is 11.8.